The lowest BCUT2D eigenvalue weighted by atomic mass is 9.93. The zero-order valence-electron chi connectivity index (χ0n) is 19.1. The topological polar surface area (TPSA) is 83.5 Å². The highest BCUT2D eigenvalue weighted by molar-refractivity contribution is 8.16. The van der Waals surface area contributed by atoms with Gasteiger partial charge in [-0.3, -0.25) is 9.69 Å². The number of methoxy groups -OCH3 is 1. The van der Waals surface area contributed by atoms with Gasteiger partial charge in [0.25, 0.3) is 0 Å². The Morgan fingerprint density at radius 2 is 2.00 bits per heavy atom. The number of nitrogens with zero attached hydrogens (tertiary/aromatic N) is 3. The number of benzene rings is 1. The number of carbonyl (C=O) groups excluding carboxylic acids is 2. The number of fused-ring (bicyclic) bond motifs is 1. The van der Waals surface area contributed by atoms with Gasteiger partial charge in [-0.25, -0.2) is 9.79 Å². The highest BCUT2D eigenvalue weighted by Crippen LogP contribution is 2.45. The average Bonchev–Trinajstić information content (AvgIpc) is 3.25. The van der Waals surface area contributed by atoms with Crippen LogP contribution in [0.2, 0.25) is 0 Å². The van der Waals surface area contributed by atoms with Crippen LogP contribution in [0, 0.1) is 0 Å². The van der Waals surface area contributed by atoms with Crippen molar-refractivity contribution in [2.75, 3.05) is 46.5 Å². The van der Waals surface area contributed by atoms with E-state index < -0.39 is 5.97 Å². The van der Waals surface area contributed by atoms with Gasteiger partial charge in [0, 0.05) is 31.9 Å². The second kappa shape index (κ2) is 11.0. The van der Waals surface area contributed by atoms with Crippen molar-refractivity contribution in [3.63, 3.8) is 0 Å². The van der Waals surface area contributed by atoms with Gasteiger partial charge in [-0.05, 0) is 17.4 Å². The van der Waals surface area contributed by atoms with Crippen LogP contribution in [0.25, 0.3) is 0 Å². The van der Waals surface area contributed by atoms with Crippen LogP contribution in [0.5, 0.6) is 0 Å². The molecule has 3 aliphatic rings. The Hall–Kier alpha value is -2.62. The summed E-state index contributed by atoms with van der Waals surface area (Å²) in [7, 11) is 1.39. The first-order valence-corrected chi connectivity index (χ1v) is 12.2. The van der Waals surface area contributed by atoms with E-state index in [0.29, 0.717) is 18.5 Å². The molecule has 8 nitrogen and oxygen atoms in total. The molecule has 0 spiro atoms. The number of hydrogen-bond acceptors (Lipinski definition) is 8. The molecule has 9 heteroatoms. The van der Waals surface area contributed by atoms with Crippen molar-refractivity contribution in [1.82, 2.24) is 15.1 Å². The van der Waals surface area contributed by atoms with E-state index in [9.17, 15) is 9.59 Å². The quantitative estimate of drug-likeness (QED) is 0.585. The third kappa shape index (κ3) is 5.31. The first-order chi connectivity index (χ1) is 16.1. The molecule has 1 amide bonds. The first kappa shape index (κ1) is 23.5. The molecule has 1 atom stereocenters. The van der Waals surface area contributed by atoms with E-state index in [0.717, 1.165) is 55.0 Å². The Bertz CT molecular complexity index is 970. The summed E-state index contributed by atoms with van der Waals surface area (Å²) in [5, 5.41) is 5.77. The molecule has 0 unspecified atom stereocenters. The molecule has 3 aliphatic heterocycles. The summed E-state index contributed by atoms with van der Waals surface area (Å²) >= 11 is 1.49. The van der Waals surface area contributed by atoms with E-state index in [-0.39, 0.29) is 18.4 Å². The molecule has 0 saturated carbocycles. The van der Waals surface area contributed by atoms with E-state index in [1.165, 1.54) is 18.9 Å². The number of carbonyl (C=O) groups is 2. The van der Waals surface area contributed by atoms with Crippen molar-refractivity contribution < 1.29 is 19.1 Å². The minimum absolute atomic E-state index is 0.0481. The Labute approximate surface area is 198 Å². The molecule has 4 rings (SSSR count). The van der Waals surface area contributed by atoms with Gasteiger partial charge in [0.1, 0.15) is 0 Å². The van der Waals surface area contributed by atoms with Gasteiger partial charge in [-0.15, -0.1) is 0 Å². The molecule has 1 aromatic rings. The van der Waals surface area contributed by atoms with Gasteiger partial charge >= 0.3 is 5.97 Å². The average molecular weight is 471 g/mol. The molecule has 3 heterocycles. The van der Waals surface area contributed by atoms with E-state index in [1.807, 2.05) is 47.6 Å². The lowest BCUT2D eigenvalue weighted by molar-refractivity contribution is -0.136. The standard InChI is InChI=1S/C24H30N4O4S/c1-3-19-21(23(30)31-2)22(17-7-5-4-6-8-17)28-18(16-33-24(28)26-19)15-20(29)25-9-10-27-11-13-32-14-12-27/h4-8,16,22H,3,9-15H2,1-2H3,(H,25,29)/t22-/m0/s1. The molecule has 0 aliphatic carbocycles. The summed E-state index contributed by atoms with van der Waals surface area (Å²) in [5.41, 5.74) is 3.03. The SMILES string of the molecule is CCC1=C(C(=O)OC)[C@H](c2ccccc2)N2C(CC(=O)NCCN3CCOCC3)=CSC2=N1. The number of thioether (sulfide) groups is 1. The maximum Gasteiger partial charge on any atom is 0.338 e. The van der Waals surface area contributed by atoms with E-state index in [4.69, 9.17) is 14.5 Å². The fourth-order valence-electron chi connectivity index (χ4n) is 4.27. The van der Waals surface area contributed by atoms with Crippen LogP contribution in [-0.4, -0.2) is 73.3 Å². The largest absolute Gasteiger partial charge is 0.466 e. The Kier molecular flexibility index (Phi) is 7.85. The Balaban J connectivity index is 1.51. The van der Waals surface area contributed by atoms with Gasteiger partial charge in [0.05, 0.1) is 44.1 Å². The number of nitrogens with one attached hydrogen (secondary N) is 1. The lowest BCUT2D eigenvalue weighted by Gasteiger charge is -2.36. The minimum atomic E-state index is -0.394. The lowest BCUT2D eigenvalue weighted by Crippen LogP contribution is -2.42. The van der Waals surface area contributed by atoms with Gasteiger partial charge in [0.15, 0.2) is 5.17 Å². The van der Waals surface area contributed by atoms with Crippen LogP contribution in [0.1, 0.15) is 31.4 Å². The number of esters is 1. The molecule has 1 saturated heterocycles. The summed E-state index contributed by atoms with van der Waals surface area (Å²) in [6, 6.07) is 9.45. The Morgan fingerprint density at radius 1 is 1.24 bits per heavy atom. The van der Waals surface area contributed by atoms with Crippen molar-refractivity contribution in [2.24, 2.45) is 4.99 Å². The van der Waals surface area contributed by atoms with Gasteiger partial charge in [-0.2, -0.15) is 0 Å². The zero-order chi connectivity index (χ0) is 23.2. The molecule has 33 heavy (non-hydrogen) atoms. The van der Waals surface area contributed by atoms with Crippen LogP contribution in [0.15, 0.2) is 57.7 Å². The van der Waals surface area contributed by atoms with Crippen LogP contribution >= 0.6 is 11.8 Å². The summed E-state index contributed by atoms with van der Waals surface area (Å²) in [6.07, 6.45) is 0.831. The molecule has 1 fully saturated rings. The van der Waals surface area contributed by atoms with Gasteiger partial charge in [0.2, 0.25) is 5.91 Å². The van der Waals surface area contributed by atoms with Crippen molar-refractivity contribution in [3.8, 4) is 0 Å². The second-order valence-corrected chi connectivity index (χ2v) is 8.83. The van der Waals surface area contributed by atoms with Crippen molar-refractivity contribution in [3.05, 3.63) is 58.3 Å². The molecule has 176 valence electrons. The predicted octanol–water partition coefficient (Wildman–Crippen LogP) is 2.66. The third-order valence-electron chi connectivity index (χ3n) is 5.94. The maximum absolute atomic E-state index is 12.8. The van der Waals surface area contributed by atoms with Crippen LogP contribution in [-0.2, 0) is 19.1 Å². The van der Waals surface area contributed by atoms with Crippen LogP contribution < -0.4 is 5.32 Å². The molecule has 0 bridgehead atoms. The number of morpholine rings is 1. The molecule has 0 aromatic heterocycles. The molecule has 1 N–H and O–H groups in total. The monoisotopic (exact) mass is 470 g/mol. The smallest absolute Gasteiger partial charge is 0.338 e. The minimum Gasteiger partial charge on any atom is -0.466 e. The molecule has 1 aromatic carbocycles. The highest BCUT2D eigenvalue weighted by atomic mass is 32.2. The third-order valence-corrected chi connectivity index (χ3v) is 6.83. The van der Waals surface area contributed by atoms with Gasteiger partial charge in [-0.1, -0.05) is 49.0 Å². The number of amides is 1. The first-order valence-electron chi connectivity index (χ1n) is 11.3. The fourth-order valence-corrected chi connectivity index (χ4v) is 5.21. The number of amidine groups is 1. The predicted molar refractivity (Wildman–Crippen MR) is 128 cm³/mol. The van der Waals surface area contributed by atoms with Crippen LogP contribution in [0.3, 0.4) is 0 Å². The maximum atomic E-state index is 12.8. The summed E-state index contributed by atoms with van der Waals surface area (Å²) < 4.78 is 10.5. The highest BCUT2D eigenvalue weighted by Gasteiger charge is 2.41. The number of rotatable bonds is 8. The summed E-state index contributed by atoms with van der Waals surface area (Å²) in [4.78, 5) is 34.7. The van der Waals surface area contributed by atoms with Crippen LogP contribution in [0.4, 0.5) is 0 Å². The number of hydrogen-bond donors (Lipinski definition) is 1. The molecular weight excluding hydrogens is 440 g/mol. The van der Waals surface area contributed by atoms with E-state index in [2.05, 4.69) is 10.2 Å². The van der Waals surface area contributed by atoms with E-state index in [1.54, 1.807) is 0 Å². The molecular formula is C24H30N4O4S. The summed E-state index contributed by atoms with van der Waals surface area (Å²) in [5.74, 6) is -0.442. The second-order valence-electron chi connectivity index (χ2n) is 7.99. The number of ether oxygens (including phenoxy) is 2. The van der Waals surface area contributed by atoms with Crippen molar-refractivity contribution in [2.45, 2.75) is 25.8 Å². The fraction of sp³-hybridized carbons (Fsp3) is 0.458. The number of aliphatic imine (C=N–C) groups is 1. The zero-order valence-corrected chi connectivity index (χ0v) is 19.9. The van der Waals surface area contributed by atoms with Crippen molar-refractivity contribution >= 4 is 28.8 Å². The van der Waals surface area contributed by atoms with E-state index >= 15 is 0 Å². The van der Waals surface area contributed by atoms with Gasteiger partial charge < -0.3 is 19.7 Å². The Morgan fingerprint density at radius 3 is 2.70 bits per heavy atom. The summed E-state index contributed by atoms with van der Waals surface area (Å²) in [6.45, 7) is 6.66. The normalized spacial score (nSPS) is 20.8. The van der Waals surface area contributed by atoms with Crippen molar-refractivity contribution in [1.29, 1.82) is 0 Å². The number of allylic oxidation sites excluding steroid dienone is 1. The molecule has 0 radical (unpaired) electrons.